The first-order valence-corrected chi connectivity index (χ1v) is 12.6. The smallest absolute Gasteiger partial charge is 0.257 e. The van der Waals surface area contributed by atoms with Crippen LogP contribution in [0.15, 0.2) is 47.4 Å². The molecule has 2 atom stereocenters. The molecule has 0 aliphatic carbocycles. The van der Waals surface area contributed by atoms with Gasteiger partial charge in [-0.25, -0.2) is 13.4 Å². The lowest BCUT2D eigenvalue weighted by molar-refractivity contribution is -0.0440. The molecule has 32 heavy (non-hydrogen) atoms. The van der Waals surface area contributed by atoms with Gasteiger partial charge < -0.3 is 9.47 Å². The maximum absolute atomic E-state index is 13.0. The number of aromatic nitrogens is 1. The Hall–Kier alpha value is -2.53. The van der Waals surface area contributed by atoms with Gasteiger partial charge >= 0.3 is 0 Å². The van der Waals surface area contributed by atoms with E-state index in [0.29, 0.717) is 41.7 Å². The lowest BCUT2D eigenvalue weighted by Gasteiger charge is -2.34. The normalized spacial score (nSPS) is 19.7. The van der Waals surface area contributed by atoms with Crippen molar-refractivity contribution in [1.82, 2.24) is 9.29 Å². The Morgan fingerprint density at radius 2 is 1.88 bits per heavy atom. The molecule has 0 unspecified atom stereocenters. The van der Waals surface area contributed by atoms with Gasteiger partial charge in [0.15, 0.2) is 5.13 Å². The molecule has 1 saturated heterocycles. The minimum absolute atomic E-state index is 0.150. The molecular formula is C22H25N3O5S2. The van der Waals surface area contributed by atoms with Crippen molar-refractivity contribution in [2.45, 2.75) is 37.9 Å². The number of nitrogens with one attached hydrogen (secondary N) is 1. The Balaban J connectivity index is 1.50. The number of morpholine rings is 1. The molecule has 0 saturated carbocycles. The Kier molecular flexibility index (Phi) is 6.47. The van der Waals surface area contributed by atoms with E-state index in [2.05, 4.69) is 10.3 Å². The summed E-state index contributed by atoms with van der Waals surface area (Å²) in [6, 6.07) is 11.6. The molecule has 1 amide bonds. The molecule has 0 spiro atoms. The molecule has 1 aromatic heterocycles. The highest BCUT2D eigenvalue weighted by Crippen LogP contribution is 2.32. The summed E-state index contributed by atoms with van der Waals surface area (Å²) in [5, 5.41) is 3.24. The summed E-state index contributed by atoms with van der Waals surface area (Å²) in [6.07, 6.45) is -0.341. The van der Waals surface area contributed by atoms with Gasteiger partial charge in [-0.3, -0.25) is 10.1 Å². The van der Waals surface area contributed by atoms with Crippen LogP contribution in [0.5, 0.6) is 5.75 Å². The van der Waals surface area contributed by atoms with Crippen molar-refractivity contribution in [3.05, 3.63) is 48.0 Å². The number of carbonyl (C=O) groups is 1. The summed E-state index contributed by atoms with van der Waals surface area (Å²) in [5.74, 6) is 0.308. The number of ether oxygens (including phenoxy) is 2. The number of nitrogens with zero attached hydrogens (tertiary/aromatic N) is 2. The highest BCUT2D eigenvalue weighted by Gasteiger charge is 2.32. The minimum Gasteiger partial charge on any atom is -0.492 e. The molecule has 1 aliphatic heterocycles. The van der Waals surface area contributed by atoms with Crippen LogP contribution in [0.1, 0.15) is 31.1 Å². The minimum atomic E-state index is -3.66. The highest BCUT2D eigenvalue weighted by atomic mass is 32.2. The van der Waals surface area contributed by atoms with E-state index in [1.54, 1.807) is 0 Å². The van der Waals surface area contributed by atoms with E-state index < -0.39 is 10.0 Å². The second-order valence-electron chi connectivity index (χ2n) is 7.61. The van der Waals surface area contributed by atoms with E-state index in [1.165, 1.54) is 39.9 Å². The van der Waals surface area contributed by atoms with Crippen molar-refractivity contribution >= 4 is 42.6 Å². The van der Waals surface area contributed by atoms with Crippen LogP contribution in [0.3, 0.4) is 0 Å². The number of anilines is 1. The van der Waals surface area contributed by atoms with Crippen LogP contribution in [0.4, 0.5) is 5.13 Å². The molecule has 0 bridgehead atoms. The first-order chi connectivity index (χ1) is 15.3. The van der Waals surface area contributed by atoms with E-state index in [-0.39, 0.29) is 23.0 Å². The average molecular weight is 476 g/mol. The average Bonchev–Trinajstić information content (AvgIpc) is 3.17. The Morgan fingerprint density at radius 3 is 2.53 bits per heavy atom. The molecule has 10 heteroatoms. The van der Waals surface area contributed by atoms with Crippen molar-refractivity contribution in [2.24, 2.45) is 0 Å². The van der Waals surface area contributed by atoms with E-state index in [0.717, 1.165) is 4.70 Å². The summed E-state index contributed by atoms with van der Waals surface area (Å²) in [5.41, 5.74) is 1.04. The number of carbonyl (C=O) groups excluding carboxylic acids is 1. The van der Waals surface area contributed by atoms with E-state index in [9.17, 15) is 13.2 Å². The maximum atomic E-state index is 13.0. The van der Waals surface area contributed by atoms with E-state index in [4.69, 9.17) is 9.47 Å². The third-order valence-electron chi connectivity index (χ3n) is 5.04. The van der Waals surface area contributed by atoms with Gasteiger partial charge in [-0.1, -0.05) is 17.4 Å². The molecule has 1 aliphatic rings. The topological polar surface area (TPSA) is 97.8 Å². The third-order valence-corrected chi connectivity index (χ3v) is 7.82. The summed E-state index contributed by atoms with van der Waals surface area (Å²) >= 11 is 1.35. The number of sulfonamides is 1. The van der Waals surface area contributed by atoms with Gasteiger partial charge in [-0.05, 0) is 57.2 Å². The summed E-state index contributed by atoms with van der Waals surface area (Å²) in [4.78, 5) is 17.3. The van der Waals surface area contributed by atoms with Gasteiger partial charge in [0.1, 0.15) is 11.3 Å². The lowest BCUT2D eigenvalue weighted by Crippen LogP contribution is -2.48. The summed E-state index contributed by atoms with van der Waals surface area (Å²) < 4.78 is 39.5. The standard InChI is InChI=1S/C22H25N3O5S2/c1-4-29-18-6-5-7-19-20(18)23-22(31-19)24-21(26)16-8-10-17(11-9-16)32(27,28)25-12-14(2)30-15(3)13-25/h5-11,14-15H,4,12-13H2,1-3H3,(H,23,24,26)/t14-,15-/m1/s1. The van der Waals surface area contributed by atoms with Crippen molar-refractivity contribution in [2.75, 3.05) is 25.0 Å². The van der Waals surface area contributed by atoms with Gasteiger partial charge in [-0.15, -0.1) is 0 Å². The number of benzene rings is 2. The van der Waals surface area contributed by atoms with Crippen LogP contribution in [0, 0.1) is 0 Å². The molecule has 4 rings (SSSR count). The van der Waals surface area contributed by atoms with Crippen molar-refractivity contribution < 1.29 is 22.7 Å². The zero-order chi connectivity index (χ0) is 22.9. The Morgan fingerprint density at radius 1 is 1.19 bits per heavy atom. The number of hydrogen-bond donors (Lipinski definition) is 1. The predicted molar refractivity (Wildman–Crippen MR) is 124 cm³/mol. The lowest BCUT2D eigenvalue weighted by atomic mass is 10.2. The molecule has 0 radical (unpaired) electrons. The molecule has 1 fully saturated rings. The third kappa shape index (κ3) is 4.63. The zero-order valence-corrected chi connectivity index (χ0v) is 19.7. The van der Waals surface area contributed by atoms with Gasteiger partial charge in [-0.2, -0.15) is 4.31 Å². The largest absolute Gasteiger partial charge is 0.492 e. The van der Waals surface area contributed by atoms with Crippen molar-refractivity contribution in [3.63, 3.8) is 0 Å². The molecule has 3 aromatic rings. The second-order valence-corrected chi connectivity index (χ2v) is 10.6. The Bertz CT molecular complexity index is 1210. The van der Waals surface area contributed by atoms with Crippen LogP contribution in [-0.4, -0.2) is 55.5 Å². The number of fused-ring (bicyclic) bond motifs is 1. The number of rotatable bonds is 6. The number of hydrogen-bond acceptors (Lipinski definition) is 7. The fourth-order valence-electron chi connectivity index (χ4n) is 3.67. The van der Waals surface area contributed by atoms with Crippen molar-refractivity contribution in [3.8, 4) is 5.75 Å². The van der Waals surface area contributed by atoms with Crippen LogP contribution in [-0.2, 0) is 14.8 Å². The van der Waals surface area contributed by atoms with E-state index >= 15 is 0 Å². The summed E-state index contributed by atoms with van der Waals surface area (Å²) in [6.45, 7) is 6.73. The first-order valence-electron chi connectivity index (χ1n) is 10.4. The van der Waals surface area contributed by atoms with Gasteiger partial charge in [0.2, 0.25) is 10.0 Å². The Labute approximate surface area is 191 Å². The second kappa shape index (κ2) is 9.14. The maximum Gasteiger partial charge on any atom is 0.257 e. The fraction of sp³-hybridized carbons (Fsp3) is 0.364. The number of para-hydroxylation sites is 1. The fourth-order valence-corrected chi connectivity index (χ4v) is 6.14. The molecule has 2 aromatic carbocycles. The molecule has 1 N–H and O–H groups in total. The first kappa shape index (κ1) is 22.7. The molecule has 8 nitrogen and oxygen atoms in total. The molecular weight excluding hydrogens is 450 g/mol. The monoisotopic (exact) mass is 475 g/mol. The predicted octanol–water partition coefficient (Wildman–Crippen LogP) is 3.75. The molecule has 170 valence electrons. The SMILES string of the molecule is CCOc1cccc2sc(NC(=O)c3ccc(S(=O)(=O)N4C[C@@H](C)O[C@H](C)C4)cc3)nc12. The van der Waals surface area contributed by atoms with Gasteiger partial charge in [0, 0.05) is 18.7 Å². The highest BCUT2D eigenvalue weighted by molar-refractivity contribution is 7.89. The van der Waals surface area contributed by atoms with Crippen molar-refractivity contribution in [1.29, 1.82) is 0 Å². The van der Waals surface area contributed by atoms with Gasteiger partial charge in [0.25, 0.3) is 5.91 Å². The van der Waals surface area contributed by atoms with Gasteiger partial charge in [0.05, 0.1) is 28.4 Å². The van der Waals surface area contributed by atoms with Crippen LogP contribution >= 0.6 is 11.3 Å². The number of thiazole rings is 1. The summed E-state index contributed by atoms with van der Waals surface area (Å²) in [7, 11) is -3.66. The number of amides is 1. The van der Waals surface area contributed by atoms with Crippen LogP contribution in [0.25, 0.3) is 10.2 Å². The van der Waals surface area contributed by atoms with Crippen LogP contribution < -0.4 is 10.1 Å². The van der Waals surface area contributed by atoms with Crippen LogP contribution in [0.2, 0.25) is 0 Å². The zero-order valence-electron chi connectivity index (χ0n) is 18.1. The van der Waals surface area contributed by atoms with E-state index in [1.807, 2.05) is 39.0 Å². The quantitative estimate of drug-likeness (QED) is 0.583. The molecule has 2 heterocycles.